The monoisotopic (exact) mass is 159 g/mol. The molecule has 2 nitrogen and oxygen atoms in total. The van der Waals surface area contributed by atoms with Crippen LogP contribution in [0.1, 0.15) is 5.69 Å². The van der Waals surface area contributed by atoms with E-state index in [9.17, 15) is 5.11 Å². The van der Waals surface area contributed by atoms with E-state index in [1.54, 1.807) is 18.3 Å². The van der Waals surface area contributed by atoms with Gasteiger partial charge in [-0.2, -0.15) is 0 Å². The lowest BCUT2D eigenvalue weighted by Gasteiger charge is -1.89. The third-order valence-electron chi connectivity index (χ3n) is 1.93. The summed E-state index contributed by atoms with van der Waals surface area (Å²) >= 11 is 0. The summed E-state index contributed by atoms with van der Waals surface area (Å²) in [6.07, 6.45) is 1.77. The molecule has 2 heteroatoms. The number of hydrogen-bond donors (Lipinski definition) is 1. The molecule has 1 N–H and O–H groups in total. The first-order valence-electron chi connectivity index (χ1n) is 3.82. The normalized spacial score (nSPS) is 10.4. The summed E-state index contributed by atoms with van der Waals surface area (Å²) < 4.78 is 0. The van der Waals surface area contributed by atoms with Crippen LogP contribution in [0.4, 0.5) is 0 Å². The first-order chi connectivity index (χ1) is 5.77. The Morgan fingerprint density at radius 3 is 3.00 bits per heavy atom. The molecule has 0 fully saturated rings. The minimum absolute atomic E-state index is 0.275. The first-order valence-corrected chi connectivity index (χ1v) is 3.82. The van der Waals surface area contributed by atoms with Crippen LogP contribution in [0.2, 0.25) is 0 Å². The Bertz CT molecular complexity index is 384. The van der Waals surface area contributed by atoms with E-state index in [4.69, 9.17) is 0 Å². The molecule has 0 saturated heterocycles. The van der Waals surface area contributed by atoms with Crippen LogP contribution in [-0.4, -0.2) is 10.1 Å². The summed E-state index contributed by atoms with van der Waals surface area (Å²) in [5.74, 6) is 0.275. The van der Waals surface area contributed by atoms with Crippen LogP contribution in [0.25, 0.3) is 11.1 Å². The Kier molecular flexibility index (Phi) is 1.47. The molecule has 1 aliphatic heterocycles. The van der Waals surface area contributed by atoms with Gasteiger partial charge >= 0.3 is 0 Å². The highest BCUT2D eigenvalue weighted by atomic mass is 16.3. The molecule has 0 atom stereocenters. The minimum atomic E-state index is 0.275. The van der Waals surface area contributed by atoms with Crippen molar-refractivity contribution in [2.24, 2.45) is 0 Å². The van der Waals surface area contributed by atoms with Crippen LogP contribution < -0.4 is 0 Å². The van der Waals surface area contributed by atoms with E-state index >= 15 is 0 Å². The van der Waals surface area contributed by atoms with Gasteiger partial charge in [0.05, 0.1) is 0 Å². The fourth-order valence-electron chi connectivity index (χ4n) is 1.30. The molecule has 0 radical (unpaired) electrons. The van der Waals surface area contributed by atoms with E-state index in [0.717, 1.165) is 16.8 Å². The van der Waals surface area contributed by atoms with E-state index in [1.165, 1.54) is 0 Å². The average molecular weight is 159 g/mol. The van der Waals surface area contributed by atoms with Crippen molar-refractivity contribution >= 4 is 0 Å². The van der Waals surface area contributed by atoms with Gasteiger partial charge in [0.1, 0.15) is 5.75 Å². The summed E-state index contributed by atoms with van der Waals surface area (Å²) in [7, 11) is 0. The molecule has 2 rings (SSSR count). The number of aromatic hydroxyl groups is 1. The Balaban J connectivity index is 2.74. The molecule has 1 aliphatic carbocycles. The number of nitrogens with zero attached hydrogens (tertiary/aromatic N) is 1. The van der Waals surface area contributed by atoms with Crippen LogP contribution in [0.3, 0.4) is 0 Å². The van der Waals surface area contributed by atoms with Crippen molar-refractivity contribution in [3.8, 4) is 16.9 Å². The number of fused-ring (bicyclic) bond motifs is 1. The molecule has 0 aromatic carbocycles. The lowest BCUT2D eigenvalue weighted by Crippen LogP contribution is -1.69. The van der Waals surface area contributed by atoms with Gasteiger partial charge in [-0.25, -0.2) is 0 Å². The second-order valence-electron chi connectivity index (χ2n) is 2.81. The van der Waals surface area contributed by atoms with Gasteiger partial charge in [-0.15, -0.1) is 0 Å². The van der Waals surface area contributed by atoms with Crippen LogP contribution in [0.5, 0.6) is 5.75 Å². The van der Waals surface area contributed by atoms with Crippen LogP contribution in [-0.2, 0) is 0 Å². The van der Waals surface area contributed by atoms with Crippen molar-refractivity contribution in [2.45, 2.75) is 6.92 Å². The van der Waals surface area contributed by atoms with Gasteiger partial charge in [-0.1, -0.05) is 12.1 Å². The van der Waals surface area contributed by atoms with Crippen molar-refractivity contribution in [3.05, 3.63) is 36.2 Å². The van der Waals surface area contributed by atoms with E-state index in [2.05, 4.69) is 4.98 Å². The third kappa shape index (κ3) is 1.01. The predicted octanol–water partition coefficient (Wildman–Crippen LogP) is 2.20. The second-order valence-corrected chi connectivity index (χ2v) is 2.81. The topological polar surface area (TPSA) is 33.1 Å². The molecule has 60 valence electrons. The number of hydrogen-bond acceptors (Lipinski definition) is 2. The Morgan fingerprint density at radius 1 is 1.33 bits per heavy atom. The lowest BCUT2D eigenvalue weighted by atomic mass is 10.1. The molecule has 12 heavy (non-hydrogen) atoms. The van der Waals surface area contributed by atoms with Crippen LogP contribution >= 0.6 is 0 Å². The van der Waals surface area contributed by atoms with Gasteiger partial charge in [0.2, 0.25) is 0 Å². The predicted molar refractivity (Wildman–Crippen MR) is 47.3 cm³/mol. The first kappa shape index (κ1) is 7.10. The van der Waals surface area contributed by atoms with E-state index in [1.807, 2.05) is 19.1 Å². The zero-order valence-corrected chi connectivity index (χ0v) is 6.78. The molecule has 1 heterocycles. The maximum absolute atomic E-state index is 9.27. The summed E-state index contributed by atoms with van der Waals surface area (Å²) in [5.41, 5.74) is 3.07. The molecule has 0 unspecified atom stereocenters. The van der Waals surface area contributed by atoms with Gasteiger partial charge < -0.3 is 5.11 Å². The fourth-order valence-corrected chi connectivity index (χ4v) is 1.30. The van der Waals surface area contributed by atoms with Crippen molar-refractivity contribution in [2.75, 3.05) is 0 Å². The smallest absolute Gasteiger partial charge is 0.116 e. The summed E-state index contributed by atoms with van der Waals surface area (Å²) in [6, 6.07) is 7.17. The number of aromatic nitrogens is 1. The number of aryl methyl sites for hydroxylation is 1. The van der Waals surface area contributed by atoms with Crippen molar-refractivity contribution < 1.29 is 5.11 Å². The zero-order valence-electron chi connectivity index (χ0n) is 6.78. The van der Waals surface area contributed by atoms with Gasteiger partial charge in [0.25, 0.3) is 0 Å². The maximum Gasteiger partial charge on any atom is 0.116 e. The summed E-state index contributed by atoms with van der Waals surface area (Å²) in [5, 5.41) is 9.27. The number of rotatable bonds is 0. The standard InChI is InChI=1S/C10H9NO/c1-7-10-4-2-3-9(12)5-8(10)6-11-7/h2-6,12H,1H3. The molecular weight excluding hydrogens is 150 g/mol. The minimum Gasteiger partial charge on any atom is -0.508 e. The van der Waals surface area contributed by atoms with Crippen molar-refractivity contribution in [3.63, 3.8) is 0 Å². The summed E-state index contributed by atoms with van der Waals surface area (Å²) in [6.45, 7) is 1.96. The van der Waals surface area contributed by atoms with Gasteiger partial charge in [0.15, 0.2) is 0 Å². The summed E-state index contributed by atoms with van der Waals surface area (Å²) in [4.78, 5) is 4.15. The highest BCUT2D eigenvalue weighted by Crippen LogP contribution is 2.26. The highest BCUT2D eigenvalue weighted by Gasteiger charge is 2.05. The Labute approximate surface area is 70.8 Å². The second kappa shape index (κ2) is 2.48. The van der Waals surface area contributed by atoms with Crippen molar-refractivity contribution in [1.29, 1.82) is 0 Å². The lowest BCUT2D eigenvalue weighted by molar-refractivity contribution is 0.476. The Hall–Kier alpha value is -1.57. The largest absolute Gasteiger partial charge is 0.508 e. The average Bonchev–Trinajstić information content (AvgIpc) is 2.31. The quantitative estimate of drug-likeness (QED) is 0.639. The van der Waals surface area contributed by atoms with Gasteiger partial charge in [-0.05, 0) is 19.1 Å². The molecule has 0 aromatic heterocycles. The molecular formula is C10H9NO. The fraction of sp³-hybridized carbons (Fsp3) is 0.100. The molecule has 0 saturated carbocycles. The molecule has 0 spiro atoms. The van der Waals surface area contributed by atoms with E-state index < -0.39 is 0 Å². The SMILES string of the molecule is Cc1ncc2cc(O)cccc1-2. The molecule has 2 aliphatic rings. The zero-order chi connectivity index (χ0) is 8.55. The maximum atomic E-state index is 9.27. The Morgan fingerprint density at radius 2 is 2.17 bits per heavy atom. The van der Waals surface area contributed by atoms with Gasteiger partial charge in [0, 0.05) is 23.0 Å². The van der Waals surface area contributed by atoms with Crippen molar-refractivity contribution in [1.82, 2.24) is 4.98 Å². The third-order valence-corrected chi connectivity index (χ3v) is 1.93. The highest BCUT2D eigenvalue weighted by molar-refractivity contribution is 5.68. The van der Waals surface area contributed by atoms with Crippen LogP contribution in [0.15, 0.2) is 30.5 Å². The van der Waals surface area contributed by atoms with E-state index in [-0.39, 0.29) is 5.75 Å². The van der Waals surface area contributed by atoms with E-state index in [0.29, 0.717) is 0 Å². The van der Waals surface area contributed by atoms with Gasteiger partial charge in [-0.3, -0.25) is 4.98 Å². The molecule has 0 bridgehead atoms. The molecule has 0 aromatic rings. The molecule has 0 amide bonds. The van der Waals surface area contributed by atoms with Crippen LogP contribution in [0, 0.1) is 6.92 Å².